The van der Waals surface area contributed by atoms with Gasteiger partial charge in [-0.05, 0) is 32.6 Å². The van der Waals surface area contributed by atoms with Gasteiger partial charge >= 0.3 is 0 Å². The summed E-state index contributed by atoms with van der Waals surface area (Å²) in [5, 5.41) is 0. The number of carbonyl (C=O) groups excluding carboxylic acids is 1. The molecule has 2 atom stereocenters. The van der Waals surface area contributed by atoms with Crippen LogP contribution in [0.25, 0.3) is 0 Å². The van der Waals surface area contributed by atoms with Crippen LogP contribution in [0.5, 0.6) is 0 Å². The molecule has 0 aromatic rings. The highest BCUT2D eigenvalue weighted by atomic mass is 16.5. The van der Waals surface area contributed by atoms with Crippen molar-refractivity contribution in [1.29, 1.82) is 0 Å². The van der Waals surface area contributed by atoms with E-state index in [1.807, 2.05) is 0 Å². The maximum absolute atomic E-state index is 11.9. The summed E-state index contributed by atoms with van der Waals surface area (Å²) in [6.07, 6.45) is 6.54. The van der Waals surface area contributed by atoms with Gasteiger partial charge in [-0.1, -0.05) is 12.8 Å². The average Bonchev–Trinajstić information content (AvgIpc) is 2.65. The van der Waals surface area contributed by atoms with Crippen molar-refractivity contribution < 1.29 is 9.53 Å². The smallest absolute Gasteiger partial charge is 0.152 e. The van der Waals surface area contributed by atoms with Crippen molar-refractivity contribution in [2.24, 2.45) is 11.7 Å². The van der Waals surface area contributed by atoms with Crippen LogP contribution in [0.2, 0.25) is 0 Å². The zero-order chi connectivity index (χ0) is 10.9. The van der Waals surface area contributed by atoms with Crippen LogP contribution in [0.4, 0.5) is 0 Å². The number of rotatable bonds is 2. The summed E-state index contributed by atoms with van der Waals surface area (Å²) in [6.45, 7) is 2.53. The number of ketones is 1. The van der Waals surface area contributed by atoms with Gasteiger partial charge in [0.05, 0.1) is 11.6 Å². The molecule has 1 spiro atoms. The van der Waals surface area contributed by atoms with Gasteiger partial charge in [0.25, 0.3) is 0 Å². The molecule has 3 heteroatoms. The Kier molecular flexibility index (Phi) is 3.12. The maximum Gasteiger partial charge on any atom is 0.152 e. The van der Waals surface area contributed by atoms with Gasteiger partial charge in [-0.15, -0.1) is 0 Å². The van der Waals surface area contributed by atoms with Gasteiger partial charge in [-0.3, -0.25) is 4.79 Å². The molecule has 0 bridgehead atoms. The molecule has 0 aromatic heterocycles. The number of hydrogen-bond acceptors (Lipinski definition) is 3. The number of ether oxygens (including phenoxy) is 1. The quantitative estimate of drug-likeness (QED) is 0.755. The lowest BCUT2D eigenvalue weighted by atomic mass is 9.81. The summed E-state index contributed by atoms with van der Waals surface area (Å²) in [4.78, 5) is 11.9. The van der Waals surface area contributed by atoms with Crippen molar-refractivity contribution in [2.75, 3.05) is 6.61 Å². The molecule has 0 aromatic carbocycles. The van der Waals surface area contributed by atoms with Gasteiger partial charge in [0.2, 0.25) is 0 Å². The topological polar surface area (TPSA) is 52.3 Å². The average molecular weight is 211 g/mol. The molecule has 1 heterocycles. The first-order valence-corrected chi connectivity index (χ1v) is 6.06. The Morgan fingerprint density at radius 2 is 2.13 bits per heavy atom. The van der Waals surface area contributed by atoms with Crippen LogP contribution >= 0.6 is 0 Å². The predicted molar refractivity (Wildman–Crippen MR) is 58.5 cm³/mol. The molecule has 3 nitrogen and oxygen atoms in total. The second-order valence-electron chi connectivity index (χ2n) is 5.12. The summed E-state index contributed by atoms with van der Waals surface area (Å²) >= 11 is 0. The molecule has 15 heavy (non-hydrogen) atoms. The Balaban J connectivity index is 2.00. The SMILES string of the molecule is CC(N)C(=O)C1CCOC2(CCCC2)C1. The fourth-order valence-corrected chi connectivity index (χ4v) is 3.01. The van der Waals surface area contributed by atoms with E-state index >= 15 is 0 Å². The highest BCUT2D eigenvalue weighted by Crippen LogP contribution is 2.42. The van der Waals surface area contributed by atoms with Crippen molar-refractivity contribution in [3.8, 4) is 0 Å². The second-order valence-corrected chi connectivity index (χ2v) is 5.12. The lowest BCUT2D eigenvalue weighted by molar-refractivity contribution is -0.137. The first-order valence-electron chi connectivity index (χ1n) is 6.06. The van der Waals surface area contributed by atoms with Crippen LogP contribution in [0.1, 0.15) is 45.4 Å². The van der Waals surface area contributed by atoms with E-state index in [4.69, 9.17) is 10.5 Å². The molecule has 0 radical (unpaired) electrons. The van der Waals surface area contributed by atoms with Crippen LogP contribution in [-0.2, 0) is 9.53 Å². The van der Waals surface area contributed by atoms with Crippen LogP contribution in [0.3, 0.4) is 0 Å². The van der Waals surface area contributed by atoms with Gasteiger partial charge in [0.15, 0.2) is 5.78 Å². The molecule has 1 aliphatic carbocycles. The summed E-state index contributed by atoms with van der Waals surface area (Å²) in [5.74, 6) is 0.376. The van der Waals surface area contributed by atoms with Crippen LogP contribution in [-0.4, -0.2) is 24.0 Å². The number of nitrogens with two attached hydrogens (primary N) is 1. The van der Waals surface area contributed by atoms with E-state index in [0.717, 1.165) is 32.3 Å². The third kappa shape index (κ3) is 2.23. The summed E-state index contributed by atoms with van der Waals surface area (Å²) in [5.41, 5.74) is 5.70. The molecule has 2 unspecified atom stereocenters. The molecule has 2 fully saturated rings. The fraction of sp³-hybridized carbons (Fsp3) is 0.917. The molecule has 2 aliphatic rings. The number of hydrogen-bond donors (Lipinski definition) is 1. The van der Waals surface area contributed by atoms with Crippen LogP contribution < -0.4 is 5.73 Å². The van der Waals surface area contributed by atoms with Crippen molar-refractivity contribution in [2.45, 2.75) is 57.1 Å². The Morgan fingerprint density at radius 1 is 1.47 bits per heavy atom. The van der Waals surface area contributed by atoms with E-state index < -0.39 is 0 Å². The largest absolute Gasteiger partial charge is 0.375 e. The van der Waals surface area contributed by atoms with Crippen LogP contribution in [0.15, 0.2) is 0 Å². The van der Waals surface area contributed by atoms with E-state index in [-0.39, 0.29) is 23.3 Å². The first-order chi connectivity index (χ1) is 7.13. The van der Waals surface area contributed by atoms with Gasteiger partial charge < -0.3 is 10.5 Å². The zero-order valence-electron chi connectivity index (χ0n) is 9.50. The normalized spacial score (nSPS) is 31.7. The molecule has 2 rings (SSSR count). The predicted octanol–water partition coefficient (Wildman–Crippen LogP) is 1.64. The maximum atomic E-state index is 11.9. The highest BCUT2D eigenvalue weighted by molar-refractivity contribution is 5.85. The van der Waals surface area contributed by atoms with Gasteiger partial charge in [0.1, 0.15) is 0 Å². The lowest BCUT2D eigenvalue weighted by Gasteiger charge is -2.38. The van der Waals surface area contributed by atoms with E-state index in [1.165, 1.54) is 12.8 Å². The number of Topliss-reactive ketones (excluding diaryl/α,β-unsaturated/α-hetero) is 1. The third-order valence-corrected chi connectivity index (χ3v) is 3.86. The standard InChI is InChI=1S/C12H21NO2/c1-9(13)11(14)10-4-7-15-12(8-10)5-2-3-6-12/h9-10H,2-8,13H2,1H3. The van der Waals surface area contributed by atoms with Crippen LogP contribution in [0, 0.1) is 5.92 Å². The van der Waals surface area contributed by atoms with E-state index in [0.29, 0.717) is 0 Å². The molecular formula is C12H21NO2. The summed E-state index contributed by atoms with van der Waals surface area (Å²) in [6, 6.07) is -0.313. The third-order valence-electron chi connectivity index (χ3n) is 3.86. The Hall–Kier alpha value is -0.410. The molecule has 1 aliphatic heterocycles. The zero-order valence-corrected chi connectivity index (χ0v) is 9.50. The van der Waals surface area contributed by atoms with Gasteiger partial charge in [0, 0.05) is 12.5 Å². The van der Waals surface area contributed by atoms with Crippen molar-refractivity contribution in [3.05, 3.63) is 0 Å². The summed E-state index contributed by atoms with van der Waals surface area (Å²) in [7, 11) is 0. The minimum Gasteiger partial charge on any atom is -0.375 e. The summed E-state index contributed by atoms with van der Waals surface area (Å²) < 4.78 is 5.89. The van der Waals surface area contributed by atoms with Crippen molar-refractivity contribution in [3.63, 3.8) is 0 Å². The Morgan fingerprint density at radius 3 is 2.73 bits per heavy atom. The minimum atomic E-state index is -0.313. The fourth-order valence-electron chi connectivity index (χ4n) is 3.01. The van der Waals surface area contributed by atoms with E-state index in [1.54, 1.807) is 6.92 Å². The molecule has 0 amide bonds. The number of carbonyl (C=O) groups is 1. The van der Waals surface area contributed by atoms with Gasteiger partial charge in [-0.2, -0.15) is 0 Å². The molecule has 2 N–H and O–H groups in total. The lowest BCUT2D eigenvalue weighted by Crippen LogP contribution is -2.43. The molecular weight excluding hydrogens is 190 g/mol. The Labute approximate surface area is 91.4 Å². The van der Waals surface area contributed by atoms with E-state index in [2.05, 4.69) is 0 Å². The molecule has 86 valence electrons. The Bertz CT molecular complexity index is 244. The molecule has 1 saturated carbocycles. The molecule has 1 saturated heterocycles. The minimum absolute atomic E-state index is 0.0352. The van der Waals surface area contributed by atoms with Gasteiger partial charge in [-0.25, -0.2) is 0 Å². The first kappa shape index (κ1) is 11.1. The highest BCUT2D eigenvalue weighted by Gasteiger charge is 2.42. The van der Waals surface area contributed by atoms with Crippen molar-refractivity contribution >= 4 is 5.78 Å². The second kappa shape index (κ2) is 4.22. The van der Waals surface area contributed by atoms with E-state index in [9.17, 15) is 4.79 Å². The monoisotopic (exact) mass is 211 g/mol. The van der Waals surface area contributed by atoms with Crippen molar-refractivity contribution in [1.82, 2.24) is 0 Å².